The Hall–Kier alpha value is -2.42. The van der Waals surface area contributed by atoms with E-state index in [1.54, 1.807) is 6.07 Å². The molecule has 4 aliphatic rings. The van der Waals surface area contributed by atoms with E-state index in [0.717, 1.165) is 38.0 Å². The molecule has 3 amide bonds. The molecule has 34 heavy (non-hydrogen) atoms. The number of carbonyl (C=O) groups excluding carboxylic acids is 3. The number of hydrogen-bond acceptors (Lipinski definition) is 4. The Kier molecular flexibility index (Phi) is 6.16. The van der Waals surface area contributed by atoms with E-state index >= 15 is 4.39 Å². The summed E-state index contributed by atoms with van der Waals surface area (Å²) in [6.07, 6.45) is 3.09. The van der Waals surface area contributed by atoms with Crippen molar-refractivity contribution < 1.29 is 27.6 Å². The van der Waals surface area contributed by atoms with Crippen molar-refractivity contribution in [2.24, 2.45) is 5.92 Å². The first-order valence-corrected chi connectivity index (χ1v) is 12.3. The lowest BCUT2D eigenvalue weighted by Crippen LogP contribution is -2.52. The lowest BCUT2D eigenvalue weighted by molar-refractivity contribution is -0.136. The minimum atomic E-state index is -2.51. The summed E-state index contributed by atoms with van der Waals surface area (Å²) in [7, 11) is 0. The molecule has 1 N–H and O–H groups in total. The van der Waals surface area contributed by atoms with Crippen molar-refractivity contribution in [1.82, 2.24) is 15.1 Å². The topological polar surface area (TPSA) is 69.7 Å². The van der Waals surface area contributed by atoms with E-state index in [4.69, 9.17) is 0 Å². The van der Waals surface area contributed by atoms with E-state index in [2.05, 4.69) is 10.2 Å². The van der Waals surface area contributed by atoms with Crippen LogP contribution in [0.2, 0.25) is 0 Å². The highest BCUT2D eigenvalue weighted by Crippen LogP contribution is 2.38. The van der Waals surface area contributed by atoms with Crippen molar-refractivity contribution in [1.29, 1.82) is 0 Å². The molecular formula is C25H30F3N3O3. The normalized spacial score (nSPS) is 26.6. The van der Waals surface area contributed by atoms with Gasteiger partial charge in [-0.05, 0) is 74.2 Å². The molecule has 1 unspecified atom stereocenters. The molecule has 3 heterocycles. The van der Waals surface area contributed by atoms with E-state index in [-0.39, 0.29) is 55.5 Å². The lowest BCUT2D eigenvalue weighted by Gasteiger charge is -2.36. The zero-order chi connectivity index (χ0) is 24.0. The summed E-state index contributed by atoms with van der Waals surface area (Å²) in [5.41, 5.74) is 1.61. The molecule has 1 aromatic rings. The smallest absolute Gasteiger partial charge is 0.255 e. The molecule has 1 saturated carbocycles. The molecule has 9 heteroatoms. The van der Waals surface area contributed by atoms with Crippen molar-refractivity contribution in [3.05, 3.63) is 34.6 Å². The van der Waals surface area contributed by atoms with E-state index in [9.17, 15) is 23.2 Å². The number of alkyl halides is 2. The van der Waals surface area contributed by atoms with Crippen molar-refractivity contribution in [3.63, 3.8) is 0 Å². The highest BCUT2D eigenvalue weighted by Gasteiger charge is 2.40. The third kappa shape index (κ3) is 4.59. The van der Waals surface area contributed by atoms with E-state index in [0.29, 0.717) is 24.3 Å². The van der Waals surface area contributed by atoms with Gasteiger partial charge in [-0.3, -0.25) is 19.7 Å². The van der Waals surface area contributed by atoms with Crippen molar-refractivity contribution >= 4 is 17.7 Å². The SMILES string of the molecule is O=C1CCC(N2Cc3cc(C4CCN(CC5CCC(F)(F)CC5)CC4)c(F)cc3C2=O)C(=O)N1. The number of piperidine rings is 2. The van der Waals surface area contributed by atoms with Crippen molar-refractivity contribution in [2.45, 2.75) is 75.8 Å². The van der Waals surface area contributed by atoms with Gasteiger partial charge in [0.2, 0.25) is 17.7 Å². The van der Waals surface area contributed by atoms with Gasteiger partial charge in [-0.15, -0.1) is 0 Å². The maximum atomic E-state index is 15.1. The van der Waals surface area contributed by atoms with Crippen LogP contribution >= 0.6 is 0 Å². The number of amides is 3. The van der Waals surface area contributed by atoms with Gasteiger partial charge in [-0.25, -0.2) is 13.2 Å². The summed E-state index contributed by atoms with van der Waals surface area (Å²) >= 11 is 0. The number of hydrogen-bond donors (Lipinski definition) is 1. The molecule has 0 radical (unpaired) electrons. The first-order valence-electron chi connectivity index (χ1n) is 12.3. The molecule has 6 nitrogen and oxygen atoms in total. The van der Waals surface area contributed by atoms with Gasteiger partial charge in [-0.2, -0.15) is 0 Å². The molecule has 3 fully saturated rings. The number of halogens is 3. The van der Waals surface area contributed by atoms with Crippen LogP contribution in [0.15, 0.2) is 12.1 Å². The number of likely N-dealkylation sites (tertiary alicyclic amines) is 1. The van der Waals surface area contributed by atoms with Crippen LogP contribution in [0, 0.1) is 11.7 Å². The van der Waals surface area contributed by atoms with Gasteiger partial charge >= 0.3 is 0 Å². The Morgan fingerprint density at radius 3 is 2.38 bits per heavy atom. The summed E-state index contributed by atoms with van der Waals surface area (Å²) < 4.78 is 41.9. The molecule has 5 rings (SSSR count). The zero-order valence-corrected chi connectivity index (χ0v) is 19.1. The number of benzene rings is 1. The second-order valence-electron chi connectivity index (χ2n) is 10.3. The molecule has 184 valence electrons. The van der Waals surface area contributed by atoms with Crippen molar-refractivity contribution in [2.75, 3.05) is 19.6 Å². The Morgan fingerprint density at radius 1 is 1.00 bits per heavy atom. The number of imide groups is 1. The Labute approximate surface area is 196 Å². The minimum absolute atomic E-state index is 0.0248. The fourth-order valence-corrected chi connectivity index (χ4v) is 6.00. The Bertz CT molecular complexity index is 997. The zero-order valence-electron chi connectivity index (χ0n) is 19.1. The molecule has 1 aromatic carbocycles. The van der Waals surface area contributed by atoms with Crippen LogP contribution in [0.3, 0.4) is 0 Å². The maximum Gasteiger partial charge on any atom is 0.255 e. The summed E-state index contributed by atoms with van der Waals surface area (Å²) in [6, 6.07) is 2.36. The second-order valence-corrected chi connectivity index (χ2v) is 10.3. The molecule has 1 aliphatic carbocycles. The average molecular weight is 478 g/mol. The average Bonchev–Trinajstić information content (AvgIpc) is 3.10. The molecule has 0 bridgehead atoms. The van der Waals surface area contributed by atoms with Crippen molar-refractivity contribution in [3.8, 4) is 0 Å². The van der Waals surface area contributed by atoms with E-state index < -0.39 is 23.7 Å². The van der Waals surface area contributed by atoms with Crippen LogP contribution in [-0.2, 0) is 16.1 Å². The Morgan fingerprint density at radius 2 is 1.71 bits per heavy atom. The van der Waals surface area contributed by atoms with Gasteiger partial charge in [0.15, 0.2) is 0 Å². The monoisotopic (exact) mass is 477 g/mol. The molecule has 1 atom stereocenters. The van der Waals surface area contributed by atoms with Crippen LogP contribution < -0.4 is 5.32 Å². The quantitative estimate of drug-likeness (QED) is 0.673. The fourth-order valence-electron chi connectivity index (χ4n) is 6.00. The highest BCUT2D eigenvalue weighted by molar-refractivity contribution is 6.05. The molecule has 0 spiro atoms. The largest absolute Gasteiger partial charge is 0.322 e. The van der Waals surface area contributed by atoms with Crippen LogP contribution in [0.25, 0.3) is 0 Å². The summed E-state index contributed by atoms with van der Waals surface area (Å²) in [6.45, 7) is 2.66. The van der Waals surface area contributed by atoms with E-state index in [1.807, 2.05) is 0 Å². The predicted octanol–water partition coefficient (Wildman–Crippen LogP) is 3.59. The lowest BCUT2D eigenvalue weighted by atomic mass is 9.84. The molecular weight excluding hydrogens is 447 g/mol. The van der Waals surface area contributed by atoms with Crippen LogP contribution in [0.4, 0.5) is 13.2 Å². The fraction of sp³-hybridized carbons (Fsp3) is 0.640. The van der Waals surface area contributed by atoms with Crippen LogP contribution in [0.1, 0.15) is 78.8 Å². The van der Waals surface area contributed by atoms with Gasteiger partial charge in [0.05, 0.1) is 0 Å². The highest BCUT2D eigenvalue weighted by atomic mass is 19.3. The number of fused-ring (bicyclic) bond motifs is 1. The first-order chi connectivity index (χ1) is 16.2. The molecule has 0 aromatic heterocycles. The molecule has 3 aliphatic heterocycles. The predicted molar refractivity (Wildman–Crippen MR) is 118 cm³/mol. The van der Waals surface area contributed by atoms with E-state index in [1.165, 1.54) is 11.0 Å². The van der Waals surface area contributed by atoms with Gasteiger partial charge in [0.1, 0.15) is 11.9 Å². The first kappa shape index (κ1) is 23.3. The second kappa shape index (κ2) is 8.98. The summed E-state index contributed by atoms with van der Waals surface area (Å²) in [5, 5.41) is 2.28. The van der Waals surface area contributed by atoms with Crippen LogP contribution in [-0.4, -0.2) is 59.1 Å². The Balaban J connectivity index is 1.21. The van der Waals surface area contributed by atoms with Gasteiger partial charge in [0, 0.05) is 37.9 Å². The standard InChI is InChI=1S/C25H30F3N3O3/c26-20-12-19-17(14-31(24(19)34)21-1-2-22(32)29-23(21)33)11-18(20)16-5-9-30(10-6-16)13-15-3-7-25(27,28)8-4-15/h11-12,15-16,21H,1-10,13-14H2,(H,29,32,33). The number of rotatable bonds is 4. The van der Waals surface area contributed by atoms with Gasteiger partial charge < -0.3 is 9.80 Å². The van der Waals surface area contributed by atoms with Gasteiger partial charge in [0.25, 0.3) is 5.91 Å². The molecule has 2 saturated heterocycles. The summed E-state index contributed by atoms with van der Waals surface area (Å²) in [5.74, 6) is -3.76. The third-order valence-electron chi connectivity index (χ3n) is 8.02. The van der Waals surface area contributed by atoms with Gasteiger partial charge in [-0.1, -0.05) is 6.07 Å². The summed E-state index contributed by atoms with van der Waals surface area (Å²) in [4.78, 5) is 40.3. The third-order valence-corrected chi connectivity index (χ3v) is 8.02. The minimum Gasteiger partial charge on any atom is -0.322 e. The van der Waals surface area contributed by atoms with Crippen LogP contribution in [0.5, 0.6) is 0 Å². The number of nitrogens with one attached hydrogen (secondary N) is 1. The number of carbonyl (C=O) groups is 3. The number of nitrogens with zero attached hydrogens (tertiary/aromatic N) is 2. The maximum absolute atomic E-state index is 15.1.